The van der Waals surface area contributed by atoms with E-state index < -0.39 is 17.8 Å². The lowest BCUT2D eigenvalue weighted by atomic mass is 10.1. The van der Waals surface area contributed by atoms with Crippen molar-refractivity contribution in [3.8, 4) is 11.4 Å². The van der Waals surface area contributed by atoms with Gasteiger partial charge in [0.2, 0.25) is 0 Å². The predicted molar refractivity (Wildman–Crippen MR) is 77.5 cm³/mol. The highest BCUT2D eigenvalue weighted by molar-refractivity contribution is 5.56. The third-order valence-corrected chi connectivity index (χ3v) is 3.31. The minimum atomic E-state index is -4.38. The molecule has 0 amide bonds. The molecule has 0 fully saturated rings. The summed E-state index contributed by atoms with van der Waals surface area (Å²) in [5.74, 6) is 0.809. The van der Waals surface area contributed by atoms with Gasteiger partial charge in [0.15, 0.2) is 11.6 Å². The standard InChI is InChI=1S/C15H18F3N3O2/c1-3-12(22)8-21-14(19-13(20-21)9-23-2)10-4-6-11(7-5-10)15(16,17)18/h4-7,12,22H,3,8-9H2,1-2H3/t12-/m1/s1. The topological polar surface area (TPSA) is 60.2 Å². The quantitative estimate of drug-likeness (QED) is 0.885. The average Bonchev–Trinajstić information content (AvgIpc) is 2.89. The second-order valence-electron chi connectivity index (χ2n) is 5.10. The lowest BCUT2D eigenvalue weighted by Gasteiger charge is -2.11. The fourth-order valence-corrected chi connectivity index (χ4v) is 2.06. The number of alkyl halides is 3. The normalized spacial score (nSPS) is 13.3. The molecule has 1 atom stereocenters. The molecule has 0 bridgehead atoms. The molecule has 2 aromatic rings. The first-order valence-corrected chi connectivity index (χ1v) is 7.13. The van der Waals surface area contributed by atoms with Gasteiger partial charge in [0, 0.05) is 12.7 Å². The molecule has 5 nitrogen and oxygen atoms in total. The lowest BCUT2D eigenvalue weighted by molar-refractivity contribution is -0.137. The molecule has 2 rings (SSSR count). The SMILES string of the molecule is CC[C@@H](O)Cn1nc(COC)nc1-c1ccc(C(F)(F)F)cc1. The first-order valence-electron chi connectivity index (χ1n) is 7.13. The molecule has 8 heteroatoms. The van der Waals surface area contributed by atoms with Gasteiger partial charge in [-0.1, -0.05) is 19.1 Å². The first kappa shape index (κ1) is 17.4. The summed E-state index contributed by atoms with van der Waals surface area (Å²) in [4.78, 5) is 4.28. The highest BCUT2D eigenvalue weighted by atomic mass is 19.4. The summed E-state index contributed by atoms with van der Waals surface area (Å²) in [5, 5.41) is 14.0. The minimum absolute atomic E-state index is 0.183. The average molecular weight is 329 g/mol. The Bertz CT molecular complexity index is 638. The zero-order valence-corrected chi connectivity index (χ0v) is 12.8. The molecular weight excluding hydrogens is 311 g/mol. The van der Waals surface area contributed by atoms with Crippen molar-refractivity contribution in [3.05, 3.63) is 35.7 Å². The van der Waals surface area contributed by atoms with Gasteiger partial charge in [-0.05, 0) is 18.6 Å². The van der Waals surface area contributed by atoms with E-state index in [2.05, 4.69) is 10.1 Å². The molecule has 1 N–H and O–H groups in total. The summed E-state index contributed by atoms with van der Waals surface area (Å²) in [6.07, 6.45) is -4.46. The van der Waals surface area contributed by atoms with Crippen LogP contribution >= 0.6 is 0 Å². The number of ether oxygens (including phenoxy) is 1. The zero-order valence-electron chi connectivity index (χ0n) is 12.8. The van der Waals surface area contributed by atoms with Crippen LogP contribution in [0.15, 0.2) is 24.3 Å². The third-order valence-electron chi connectivity index (χ3n) is 3.31. The molecular formula is C15H18F3N3O2. The van der Waals surface area contributed by atoms with Gasteiger partial charge >= 0.3 is 6.18 Å². The fourth-order valence-electron chi connectivity index (χ4n) is 2.06. The van der Waals surface area contributed by atoms with Crippen LogP contribution in [0.25, 0.3) is 11.4 Å². The Morgan fingerprint density at radius 1 is 1.26 bits per heavy atom. The molecule has 0 saturated carbocycles. The first-order chi connectivity index (χ1) is 10.8. The van der Waals surface area contributed by atoms with Crippen LogP contribution in [0.4, 0.5) is 13.2 Å². The lowest BCUT2D eigenvalue weighted by Crippen LogP contribution is -2.17. The van der Waals surface area contributed by atoms with Crippen molar-refractivity contribution in [3.63, 3.8) is 0 Å². The van der Waals surface area contributed by atoms with E-state index in [1.165, 1.54) is 23.9 Å². The van der Waals surface area contributed by atoms with Crippen molar-refractivity contribution in [2.45, 2.75) is 38.8 Å². The van der Waals surface area contributed by atoms with Crippen LogP contribution in [-0.2, 0) is 24.1 Å². The Hall–Kier alpha value is -1.93. The van der Waals surface area contributed by atoms with Crippen molar-refractivity contribution in [1.29, 1.82) is 0 Å². The molecule has 1 aromatic heterocycles. The summed E-state index contributed by atoms with van der Waals surface area (Å²) >= 11 is 0. The smallest absolute Gasteiger partial charge is 0.391 e. The summed E-state index contributed by atoms with van der Waals surface area (Å²) in [5.41, 5.74) is -0.228. The maximum atomic E-state index is 12.6. The van der Waals surface area contributed by atoms with Gasteiger partial charge in [-0.3, -0.25) is 0 Å². The monoisotopic (exact) mass is 329 g/mol. The van der Waals surface area contributed by atoms with Gasteiger partial charge in [0.05, 0.1) is 18.2 Å². The summed E-state index contributed by atoms with van der Waals surface area (Å²) in [6.45, 7) is 2.22. The van der Waals surface area contributed by atoms with E-state index in [0.717, 1.165) is 12.1 Å². The number of methoxy groups -OCH3 is 1. The van der Waals surface area contributed by atoms with Gasteiger partial charge in [0.1, 0.15) is 6.61 Å². The molecule has 0 spiro atoms. The molecule has 126 valence electrons. The van der Waals surface area contributed by atoms with E-state index in [0.29, 0.717) is 23.6 Å². The van der Waals surface area contributed by atoms with E-state index in [4.69, 9.17) is 4.74 Å². The van der Waals surface area contributed by atoms with Crippen molar-refractivity contribution in [2.75, 3.05) is 7.11 Å². The highest BCUT2D eigenvalue weighted by Gasteiger charge is 2.30. The van der Waals surface area contributed by atoms with Crippen LogP contribution in [0.1, 0.15) is 24.7 Å². The summed E-state index contributed by atoms with van der Waals surface area (Å²) in [6, 6.07) is 4.69. The molecule has 1 heterocycles. The number of rotatable bonds is 6. The van der Waals surface area contributed by atoms with E-state index in [9.17, 15) is 18.3 Å². The third kappa shape index (κ3) is 4.29. The number of hydrogen-bond donors (Lipinski definition) is 1. The molecule has 23 heavy (non-hydrogen) atoms. The number of aliphatic hydroxyl groups is 1. The van der Waals surface area contributed by atoms with E-state index in [-0.39, 0.29) is 13.2 Å². The number of halogens is 3. The van der Waals surface area contributed by atoms with Crippen LogP contribution in [0, 0.1) is 0 Å². The van der Waals surface area contributed by atoms with E-state index >= 15 is 0 Å². The number of nitrogens with zero attached hydrogens (tertiary/aromatic N) is 3. The summed E-state index contributed by atoms with van der Waals surface area (Å²) < 4.78 is 44.4. The van der Waals surface area contributed by atoms with Crippen molar-refractivity contribution >= 4 is 0 Å². The fraction of sp³-hybridized carbons (Fsp3) is 0.467. The molecule has 0 radical (unpaired) electrons. The van der Waals surface area contributed by atoms with Gasteiger partial charge in [-0.2, -0.15) is 18.3 Å². The maximum Gasteiger partial charge on any atom is 0.416 e. The number of hydrogen-bond acceptors (Lipinski definition) is 4. The van der Waals surface area contributed by atoms with Gasteiger partial charge in [0.25, 0.3) is 0 Å². The predicted octanol–water partition coefficient (Wildman–Crippen LogP) is 2.88. The van der Waals surface area contributed by atoms with Crippen LogP contribution in [0.5, 0.6) is 0 Å². The Kier molecular flexibility index (Phi) is 5.38. The zero-order chi connectivity index (χ0) is 17.0. The van der Waals surface area contributed by atoms with Crippen molar-refractivity contribution in [2.24, 2.45) is 0 Å². The summed E-state index contributed by atoms with van der Waals surface area (Å²) in [7, 11) is 1.50. The second kappa shape index (κ2) is 7.10. The second-order valence-corrected chi connectivity index (χ2v) is 5.10. The highest BCUT2D eigenvalue weighted by Crippen LogP contribution is 2.30. The largest absolute Gasteiger partial charge is 0.416 e. The Morgan fingerprint density at radius 2 is 1.91 bits per heavy atom. The van der Waals surface area contributed by atoms with Crippen LogP contribution in [0.3, 0.4) is 0 Å². The molecule has 0 aliphatic carbocycles. The van der Waals surface area contributed by atoms with Gasteiger partial charge in [-0.25, -0.2) is 9.67 Å². The van der Waals surface area contributed by atoms with E-state index in [1.54, 1.807) is 0 Å². The Labute approximate surface area is 131 Å². The maximum absolute atomic E-state index is 12.6. The molecule has 1 aromatic carbocycles. The molecule has 0 unspecified atom stereocenters. The molecule has 0 aliphatic heterocycles. The number of aliphatic hydroxyl groups excluding tert-OH is 1. The Balaban J connectivity index is 2.36. The number of aromatic nitrogens is 3. The molecule has 0 aliphatic rings. The number of benzene rings is 1. The Morgan fingerprint density at radius 3 is 2.43 bits per heavy atom. The minimum Gasteiger partial charge on any atom is -0.391 e. The van der Waals surface area contributed by atoms with Crippen LogP contribution in [-0.4, -0.2) is 33.1 Å². The van der Waals surface area contributed by atoms with Gasteiger partial charge in [-0.15, -0.1) is 0 Å². The van der Waals surface area contributed by atoms with Crippen LogP contribution in [0.2, 0.25) is 0 Å². The van der Waals surface area contributed by atoms with Gasteiger partial charge < -0.3 is 9.84 Å². The van der Waals surface area contributed by atoms with Crippen LogP contribution < -0.4 is 0 Å². The molecule has 0 saturated heterocycles. The van der Waals surface area contributed by atoms with Crippen molar-refractivity contribution < 1.29 is 23.0 Å². The van der Waals surface area contributed by atoms with E-state index in [1.807, 2.05) is 6.92 Å². The van der Waals surface area contributed by atoms with Crippen molar-refractivity contribution in [1.82, 2.24) is 14.8 Å².